The molecule has 2 rings (SSSR count). The van der Waals surface area contributed by atoms with E-state index in [1.54, 1.807) is 11.0 Å². The van der Waals surface area contributed by atoms with Gasteiger partial charge in [0, 0.05) is 11.6 Å². The molecule has 0 spiro atoms. The smallest absolute Gasteiger partial charge is 0.251 e. The van der Waals surface area contributed by atoms with Crippen molar-refractivity contribution < 1.29 is 4.79 Å². The minimum Gasteiger partial charge on any atom is -0.350 e. The molecule has 1 unspecified atom stereocenters. The van der Waals surface area contributed by atoms with E-state index in [2.05, 4.69) is 29.2 Å². The van der Waals surface area contributed by atoms with Gasteiger partial charge >= 0.3 is 0 Å². The van der Waals surface area contributed by atoms with Gasteiger partial charge in [0.2, 0.25) is 0 Å². The Labute approximate surface area is 125 Å². The van der Waals surface area contributed by atoms with Gasteiger partial charge in [0.25, 0.3) is 5.91 Å². The second kappa shape index (κ2) is 7.57. The standard InChI is InChI=1S/C16H22N4O/c1-3-4-5-6-13(2)19-16(21)14-7-9-15(10-8-14)20-12-17-11-18-20/h7-13H,3-6H2,1-2H3,(H,19,21). The van der Waals surface area contributed by atoms with Crippen molar-refractivity contribution in [1.82, 2.24) is 20.1 Å². The van der Waals surface area contributed by atoms with Gasteiger partial charge in [-0.05, 0) is 37.6 Å². The first-order valence-corrected chi connectivity index (χ1v) is 7.46. The fourth-order valence-electron chi connectivity index (χ4n) is 2.19. The lowest BCUT2D eigenvalue weighted by molar-refractivity contribution is 0.0938. The Morgan fingerprint density at radius 1 is 1.29 bits per heavy atom. The van der Waals surface area contributed by atoms with Crippen LogP contribution < -0.4 is 5.32 Å². The van der Waals surface area contributed by atoms with Gasteiger partial charge in [0.1, 0.15) is 12.7 Å². The van der Waals surface area contributed by atoms with E-state index < -0.39 is 0 Å². The Morgan fingerprint density at radius 2 is 2.05 bits per heavy atom. The van der Waals surface area contributed by atoms with Crippen LogP contribution in [0.1, 0.15) is 49.9 Å². The van der Waals surface area contributed by atoms with Gasteiger partial charge < -0.3 is 5.32 Å². The van der Waals surface area contributed by atoms with Crippen molar-refractivity contribution in [2.75, 3.05) is 0 Å². The third-order valence-electron chi connectivity index (χ3n) is 3.43. The maximum absolute atomic E-state index is 12.1. The topological polar surface area (TPSA) is 59.8 Å². The predicted molar refractivity (Wildman–Crippen MR) is 82.4 cm³/mol. The maximum Gasteiger partial charge on any atom is 0.251 e. The highest BCUT2D eigenvalue weighted by Crippen LogP contribution is 2.09. The van der Waals surface area contributed by atoms with Crippen LogP contribution in [0.15, 0.2) is 36.9 Å². The third kappa shape index (κ3) is 4.41. The highest BCUT2D eigenvalue weighted by atomic mass is 16.1. The minimum absolute atomic E-state index is 0.0239. The number of aromatic nitrogens is 3. The largest absolute Gasteiger partial charge is 0.350 e. The molecule has 0 aliphatic carbocycles. The lowest BCUT2D eigenvalue weighted by Gasteiger charge is -2.13. The number of rotatable bonds is 7. The number of carbonyl (C=O) groups excluding carboxylic acids is 1. The summed E-state index contributed by atoms with van der Waals surface area (Å²) in [5.74, 6) is -0.0239. The van der Waals surface area contributed by atoms with Crippen molar-refractivity contribution in [1.29, 1.82) is 0 Å². The molecule has 0 saturated carbocycles. The van der Waals surface area contributed by atoms with Crippen LogP contribution in [0.5, 0.6) is 0 Å². The Balaban J connectivity index is 1.91. The zero-order chi connectivity index (χ0) is 15.1. The Bertz CT molecular complexity index is 548. The molecule has 5 nitrogen and oxygen atoms in total. The van der Waals surface area contributed by atoms with E-state index in [0.29, 0.717) is 5.56 Å². The molecular formula is C16H22N4O. The molecule has 0 radical (unpaired) electrons. The summed E-state index contributed by atoms with van der Waals surface area (Å²) in [6.07, 6.45) is 7.71. The Morgan fingerprint density at radius 3 is 2.67 bits per heavy atom. The number of nitrogens with one attached hydrogen (secondary N) is 1. The van der Waals surface area contributed by atoms with Gasteiger partial charge in [0.05, 0.1) is 5.69 Å². The molecule has 2 aromatic rings. The van der Waals surface area contributed by atoms with E-state index in [1.165, 1.54) is 19.2 Å². The molecule has 1 aromatic carbocycles. The summed E-state index contributed by atoms with van der Waals surface area (Å²) in [5, 5.41) is 7.09. The first-order valence-electron chi connectivity index (χ1n) is 7.46. The summed E-state index contributed by atoms with van der Waals surface area (Å²) >= 11 is 0. The molecule has 0 saturated heterocycles. The molecule has 0 aliphatic heterocycles. The molecule has 1 aromatic heterocycles. The number of unbranched alkanes of at least 4 members (excludes halogenated alkanes) is 2. The highest BCUT2D eigenvalue weighted by Gasteiger charge is 2.09. The van der Waals surface area contributed by atoms with Crippen molar-refractivity contribution in [2.24, 2.45) is 0 Å². The molecule has 1 amide bonds. The molecule has 0 fully saturated rings. The van der Waals surface area contributed by atoms with Crippen molar-refractivity contribution in [3.05, 3.63) is 42.5 Å². The predicted octanol–water partition coefficient (Wildman–Crippen LogP) is 2.97. The van der Waals surface area contributed by atoms with Crippen LogP contribution in [0, 0.1) is 0 Å². The molecule has 1 N–H and O–H groups in total. The van der Waals surface area contributed by atoms with Crippen LogP contribution in [0.25, 0.3) is 5.69 Å². The summed E-state index contributed by atoms with van der Waals surface area (Å²) in [6.45, 7) is 4.23. The second-order valence-electron chi connectivity index (χ2n) is 5.26. The van der Waals surface area contributed by atoms with Gasteiger partial charge in [-0.15, -0.1) is 0 Å². The maximum atomic E-state index is 12.1. The van der Waals surface area contributed by atoms with Gasteiger partial charge in [0.15, 0.2) is 0 Å². The molecule has 112 valence electrons. The van der Waals surface area contributed by atoms with Crippen molar-refractivity contribution >= 4 is 5.91 Å². The number of hydrogen-bond donors (Lipinski definition) is 1. The minimum atomic E-state index is -0.0239. The van der Waals surface area contributed by atoms with Crippen LogP contribution in [0.3, 0.4) is 0 Å². The molecule has 1 atom stereocenters. The fraction of sp³-hybridized carbons (Fsp3) is 0.438. The van der Waals surface area contributed by atoms with E-state index in [-0.39, 0.29) is 11.9 Å². The monoisotopic (exact) mass is 286 g/mol. The number of hydrogen-bond acceptors (Lipinski definition) is 3. The quantitative estimate of drug-likeness (QED) is 0.796. The van der Waals surface area contributed by atoms with E-state index in [9.17, 15) is 4.79 Å². The van der Waals surface area contributed by atoms with Gasteiger partial charge in [-0.2, -0.15) is 5.10 Å². The summed E-state index contributed by atoms with van der Waals surface area (Å²) in [4.78, 5) is 16.0. The normalized spacial score (nSPS) is 12.1. The van der Waals surface area contributed by atoms with E-state index in [4.69, 9.17) is 0 Å². The zero-order valence-electron chi connectivity index (χ0n) is 12.6. The third-order valence-corrected chi connectivity index (χ3v) is 3.43. The highest BCUT2D eigenvalue weighted by molar-refractivity contribution is 5.94. The molecular weight excluding hydrogens is 264 g/mol. The van der Waals surface area contributed by atoms with Gasteiger partial charge in [-0.1, -0.05) is 26.2 Å². The molecule has 1 heterocycles. The van der Waals surface area contributed by atoms with Crippen LogP contribution in [0.4, 0.5) is 0 Å². The fourth-order valence-corrected chi connectivity index (χ4v) is 2.19. The SMILES string of the molecule is CCCCCC(C)NC(=O)c1ccc(-n2cncn2)cc1. The van der Waals surface area contributed by atoms with E-state index in [1.807, 2.05) is 24.3 Å². The van der Waals surface area contributed by atoms with Crippen LogP contribution in [-0.4, -0.2) is 26.7 Å². The number of amides is 1. The second-order valence-corrected chi connectivity index (χ2v) is 5.26. The lowest BCUT2D eigenvalue weighted by atomic mass is 10.1. The van der Waals surface area contributed by atoms with Crippen LogP contribution >= 0.6 is 0 Å². The summed E-state index contributed by atoms with van der Waals surface area (Å²) in [6, 6.07) is 7.56. The van der Waals surface area contributed by atoms with Crippen molar-refractivity contribution in [2.45, 2.75) is 45.6 Å². The zero-order valence-corrected chi connectivity index (χ0v) is 12.6. The van der Waals surface area contributed by atoms with Gasteiger partial charge in [-0.25, -0.2) is 9.67 Å². The number of nitrogens with zero attached hydrogens (tertiary/aromatic N) is 3. The van der Waals surface area contributed by atoms with E-state index in [0.717, 1.165) is 18.5 Å². The first-order chi connectivity index (χ1) is 10.2. The Hall–Kier alpha value is -2.17. The average molecular weight is 286 g/mol. The summed E-state index contributed by atoms with van der Waals surface area (Å²) in [5.41, 5.74) is 1.56. The summed E-state index contributed by atoms with van der Waals surface area (Å²) in [7, 11) is 0. The molecule has 0 bridgehead atoms. The van der Waals surface area contributed by atoms with Crippen LogP contribution in [0.2, 0.25) is 0 Å². The lowest BCUT2D eigenvalue weighted by Crippen LogP contribution is -2.32. The average Bonchev–Trinajstić information content (AvgIpc) is 3.02. The molecule has 5 heteroatoms. The van der Waals surface area contributed by atoms with Crippen molar-refractivity contribution in [3.8, 4) is 5.69 Å². The van der Waals surface area contributed by atoms with Crippen LogP contribution in [-0.2, 0) is 0 Å². The number of carbonyl (C=O) groups is 1. The summed E-state index contributed by atoms with van der Waals surface area (Å²) < 4.78 is 1.66. The van der Waals surface area contributed by atoms with Gasteiger partial charge in [-0.3, -0.25) is 4.79 Å². The van der Waals surface area contributed by atoms with E-state index >= 15 is 0 Å². The first kappa shape index (κ1) is 15.2. The number of benzene rings is 1. The molecule has 21 heavy (non-hydrogen) atoms. The van der Waals surface area contributed by atoms with Crippen molar-refractivity contribution in [3.63, 3.8) is 0 Å². The Kier molecular flexibility index (Phi) is 5.49. The molecule has 0 aliphatic rings.